The molecule has 1 saturated heterocycles. The van der Waals surface area contributed by atoms with Crippen LogP contribution < -0.4 is 10.6 Å². The standard InChI is InChI=1S/C15H21F3N2O/c1-20(10-11-4-6-21-7-5-11)14-3-2-13(15(16,17)18)8-12(14)9-19/h2-3,8,11H,4-7,9-10,19H2,1H3. The van der Waals surface area contributed by atoms with Crippen molar-refractivity contribution in [3.05, 3.63) is 29.3 Å². The maximum Gasteiger partial charge on any atom is 0.416 e. The lowest BCUT2D eigenvalue weighted by Crippen LogP contribution is -2.30. The van der Waals surface area contributed by atoms with Gasteiger partial charge >= 0.3 is 6.18 Å². The van der Waals surface area contributed by atoms with Gasteiger partial charge in [0.05, 0.1) is 5.56 Å². The van der Waals surface area contributed by atoms with Gasteiger partial charge in [0, 0.05) is 39.0 Å². The first-order chi connectivity index (χ1) is 9.91. The number of benzene rings is 1. The van der Waals surface area contributed by atoms with Crippen molar-refractivity contribution in [3.8, 4) is 0 Å². The smallest absolute Gasteiger partial charge is 0.381 e. The number of anilines is 1. The highest BCUT2D eigenvalue weighted by Crippen LogP contribution is 2.33. The maximum atomic E-state index is 12.7. The van der Waals surface area contributed by atoms with Gasteiger partial charge in [0.1, 0.15) is 0 Å². The van der Waals surface area contributed by atoms with Gasteiger partial charge in [-0.15, -0.1) is 0 Å². The molecule has 21 heavy (non-hydrogen) atoms. The molecule has 0 amide bonds. The minimum atomic E-state index is -4.33. The molecule has 0 aromatic heterocycles. The van der Waals surface area contributed by atoms with Crippen LogP contribution in [0.25, 0.3) is 0 Å². The molecule has 0 bridgehead atoms. The van der Waals surface area contributed by atoms with Crippen molar-refractivity contribution < 1.29 is 17.9 Å². The Balaban J connectivity index is 2.14. The van der Waals surface area contributed by atoms with E-state index in [1.54, 1.807) is 0 Å². The van der Waals surface area contributed by atoms with Crippen molar-refractivity contribution in [1.82, 2.24) is 0 Å². The van der Waals surface area contributed by atoms with Crippen molar-refractivity contribution in [2.24, 2.45) is 11.7 Å². The fourth-order valence-electron chi connectivity index (χ4n) is 2.71. The zero-order valence-corrected chi connectivity index (χ0v) is 12.1. The van der Waals surface area contributed by atoms with E-state index in [-0.39, 0.29) is 6.54 Å². The monoisotopic (exact) mass is 302 g/mol. The quantitative estimate of drug-likeness (QED) is 0.929. The van der Waals surface area contributed by atoms with Gasteiger partial charge in [-0.05, 0) is 42.5 Å². The summed E-state index contributed by atoms with van der Waals surface area (Å²) in [6.07, 6.45) is -2.35. The van der Waals surface area contributed by atoms with Crippen LogP contribution in [0.3, 0.4) is 0 Å². The Hall–Kier alpha value is -1.27. The summed E-state index contributed by atoms with van der Waals surface area (Å²) in [5.74, 6) is 0.511. The van der Waals surface area contributed by atoms with Gasteiger partial charge in [0.25, 0.3) is 0 Å². The SMILES string of the molecule is CN(CC1CCOCC1)c1ccc(C(F)(F)F)cc1CN. The number of hydrogen-bond acceptors (Lipinski definition) is 3. The Morgan fingerprint density at radius 1 is 1.29 bits per heavy atom. The Kier molecular flexibility index (Phi) is 5.11. The van der Waals surface area contributed by atoms with E-state index in [0.717, 1.165) is 50.4 Å². The number of halogens is 3. The fourth-order valence-corrected chi connectivity index (χ4v) is 2.71. The summed E-state index contributed by atoms with van der Waals surface area (Å²) in [6, 6.07) is 3.79. The summed E-state index contributed by atoms with van der Waals surface area (Å²) < 4.78 is 43.5. The van der Waals surface area contributed by atoms with Crippen LogP contribution in [0.5, 0.6) is 0 Å². The molecule has 0 radical (unpaired) electrons. The fraction of sp³-hybridized carbons (Fsp3) is 0.600. The molecule has 1 aromatic carbocycles. The van der Waals surface area contributed by atoms with E-state index < -0.39 is 11.7 Å². The zero-order valence-electron chi connectivity index (χ0n) is 12.1. The van der Waals surface area contributed by atoms with E-state index >= 15 is 0 Å². The molecule has 0 aliphatic carbocycles. The Morgan fingerprint density at radius 3 is 2.52 bits per heavy atom. The summed E-state index contributed by atoms with van der Waals surface area (Å²) in [5.41, 5.74) is 6.27. The lowest BCUT2D eigenvalue weighted by atomic mass is 9.99. The molecule has 0 saturated carbocycles. The summed E-state index contributed by atoms with van der Waals surface area (Å²) in [4.78, 5) is 2.00. The van der Waals surface area contributed by atoms with Crippen LogP contribution in [0.2, 0.25) is 0 Å². The van der Waals surface area contributed by atoms with Crippen LogP contribution in [0.4, 0.5) is 18.9 Å². The molecule has 3 nitrogen and oxygen atoms in total. The minimum absolute atomic E-state index is 0.0946. The van der Waals surface area contributed by atoms with Crippen LogP contribution in [0.15, 0.2) is 18.2 Å². The average Bonchev–Trinajstić information content (AvgIpc) is 2.46. The van der Waals surface area contributed by atoms with Crippen molar-refractivity contribution >= 4 is 5.69 Å². The largest absolute Gasteiger partial charge is 0.416 e. The molecule has 2 N–H and O–H groups in total. The number of hydrogen-bond donors (Lipinski definition) is 1. The molecular weight excluding hydrogens is 281 g/mol. The highest BCUT2D eigenvalue weighted by Gasteiger charge is 2.31. The van der Waals surface area contributed by atoms with Gasteiger partial charge in [-0.2, -0.15) is 13.2 Å². The average molecular weight is 302 g/mol. The highest BCUT2D eigenvalue weighted by atomic mass is 19.4. The minimum Gasteiger partial charge on any atom is -0.381 e. The lowest BCUT2D eigenvalue weighted by Gasteiger charge is -2.30. The van der Waals surface area contributed by atoms with E-state index in [2.05, 4.69) is 0 Å². The topological polar surface area (TPSA) is 38.5 Å². The van der Waals surface area contributed by atoms with Crippen LogP contribution in [-0.2, 0) is 17.5 Å². The molecule has 2 rings (SSSR count). The van der Waals surface area contributed by atoms with E-state index in [1.807, 2.05) is 11.9 Å². The van der Waals surface area contributed by atoms with Crippen molar-refractivity contribution in [3.63, 3.8) is 0 Å². The lowest BCUT2D eigenvalue weighted by molar-refractivity contribution is -0.137. The van der Waals surface area contributed by atoms with E-state index in [9.17, 15) is 13.2 Å². The second-order valence-corrected chi connectivity index (χ2v) is 5.48. The van der Waals surface area contributed by atoms with E-state index in [0.29, 0.717) is 11.5 Å². The van der Waals surface area contributed by atoms with Crippen LogP contribution >= 0.6 is 0 Å². The van der Waals surface area contributed by atoms with Crippen LogP contribution in [-0.4, -0.2) is 26.8 Å². The highest BCUT2D eigenvalue weighted by molar-refractivity contribution is 5.55. The predicted octanol–water partition coefficient (Wildman–Crippen LogP) is 3.03. The summed E-state index contributed by atoms with van der Waals surface area (Å²) >= 11 is 0. The van der Waals surface area contributed by atoms with Crippen LogP contribution in [0, 0.1) is 5.92 Å². The van der Waals surface area contributed by atoms with Gasteiger partial charge in [-0.25, -0.2) is 0 Å². The number of nitrogens with zero attached hydrogens (tertiary/aromatic N) is 1. The van der Waals surface area contributed by atoms with Crippen molar-refractivity contribution in [2.45, 2.75) is 25.6 Å². The second kappa shape index (κ2) is 6.66. The molecule has 118 valence electrons. The third-order valence-electron chi connectivity index (χ3n) is 3.91. The number of ether oxygens (including phenoxy) is 1. The number of nitrogens with two attached hydrogens (primary N) is 1. The van der Waals surface area contributed by atoms with Gasteiger partial charge in [0.2, 0.25) is 0 Å². The summed E-state index contributed by atoms with van der Waals surface area (Å²) in [7, 11) is 1.90. The molecule has 0 unspecified atom stereocenters. The first-order valence-corrected chi connectivity index (χ1v) is 7.11. The molecule has 1 fully saturated rings. The van der Waals surface area contributed by atoms with Gasteiger partial charge in [-0.3, -0.25) is 0 Å². The number of rotatable bonds is 4. The van der Waals surface area contributed by atoms with Crippen LogP contribution in [0.1, 0.15) is 24.0 Å². The summed E-state index contributed by atoms with van der Waals surface area (Å²) in [5, 5.41) is 0. The van der Waals surface area contributed by atoms with E-state index in [4.69, 9.17) is 10.5 Å². The predicted molar refractivity (Wildman–Crippen MR) is 76.1 cm³/mol. The van der Waals surface area contributed by atoms with Gasteiger partial charge in [0.15, 0.2) is 0 Å². The third kappa shape index (κ3) is 4.11. The zero-order chi connectivity index (χ0) is 15.5. The second-order valence-electron chi connectivity index (χ2n) is 5.48. The molecule has 0 spiro atoms. The molecule has 0 atom stereocenters. The Bertz CT molecular complexity index is 470. The molecule has 1 heterocycles. The molecular formula is C15H21F3N2O. The summed E-state index contributed by atoms with van der Waals surface area (Å²) in [6.45, 7) is 2.42. The first-order valence-electron chi connectivity index (χ1n) is 7.11. The van der Waals surface area contributed by atoms with Gasteiger partial charge < -0.3 is 15.4 Å². The Morgan fingerprint density at radius 2 is 1.95 bits per heavy atom. The molecule has 1 aromatic rings. The molecule has 1 aliphatic rings. The Labute approximate surface area is 122 Å². The third-order valence-corrected chi connectivity index (χ3v) is 3.91. The molecule has 1 aliphatic heterocycles. The normalized spacial score (nSPS) is 17.0. The molecule has 6 heteroatoms. The maximum absolute atomic E-state index is 12.7. The van der Waals surface area contributed by atoms with Crippen molar-refractivity contribution in [2.75, 3.05) is 31.7 Å². The first kappa shape index (κ1) is 16.1. The van der Waals surface area contributed by atoms with E-state index in [1.165, 1.54) is 6.07 Å². The number of alkyl halides is 3. The van der Waals surface area contributed by atoms with Crippen molar-refractivity contribution in [1.29, 1.82) is 0 Å². The van der Waals surface area contributed by atoms with Gasteiger partial charge in [-0.1, -0.05) is 0 Å².